The molecular weight excluding hydrogens is 366 g/mol. The number of urea groups is 1. The molecule has 3 rings (SSSR count). The van der Waals surface area contributed by atoms with Crippen molar-refractivity contribution >= 4 is 17.6 Å². The van der Waals surface area contributed by atoms with Crippen LogP contribution in [0.5, 0.6) is 5.75 Å². The Labute approximate surface area is 169 Å². The van der Waals surface area contributed by atoms with Gasteiger partial charge in [-0.05, 0) is 29.3 Å². The van der Waals surface area contributed by atoms with Crippen LogP contribution in [0.15, 0.2) is 78.9 Å². The summed E-state index contributed by atoms with van der Waals surface area (Å²) in [6.45, 7) is 0. The minimum atomic E-state index is -0.891. The third-order valence-electron chi connectivity index (χ3n) is 4.47. The fourth-order valence-corrected chi connectivity index (χ4v) is 3.13. The number of rotatable bonds is 7. The minimum Gasteiger partial charge on any atom is -0.496 e. The van der Waals surface area contributed by atoms with Gasteiger partial charge < -0.3 is 15.8 Å². The largest absolute Gasteiger partial charge is 0.496 e. The number of nitrogens with one attached hydrogen (secondary N) is 2. The lowest BCUT2D eigenvalue weighted by Crippen LogP contribution is -2.40. The molecule has 148 valence electrons. The van der Waals surface area contributed by atoms with Gasteiger partial charge in [-0.2, -0.15) is 0 Å². The maximum absolute atomic E-state index is 12.6. The first-order chi connectivity index (χ1) is 14.1. The van der Waals surface area contributed by atoms with E-state index in [4.69, 9.17) is 10.5 Å². The second kappa shape index (κ2) is 9.41. The summed E-state index contributed by atoms with van der Waals surface area (Å²) in [6, 6.07) is 23.2. The van der Waals surface area contributed by atoms with Gasteiger partial charge >= 0.3 is 6.03 Å². The molecular formula is C23H23N3O3. The third-order valence-corrected chi connectivity index (χ3v) is 4.47. The Morgan fingerprint density at radius 1 is 0.966 bits per heavy atom. The molecule has 0 bridgehead atoms. The second-order valence-corrected chi connectivity index (χ2v) is 6.53. The molecule has 1 atom stereocenters. The number of ether oxygens (including phenoxy) is 1. The van der Waals surface area contributed by atoms with Crippen LogP contribution in [0.4, 0.5) is 10.5 Å². The van der Waals surface area contributed by atoms with Crippen molar-refractivity contribution in [3.8, 4) is 5.75 Å². The van der Waals surface area contributed by atoms with Gasteiger partial charge in [0.05, 0.1) is 7.11 Å². The molecule has 0 spiro atoms. The summed E-state index contributed by atoms with van der Waals surface area (Å²) in [5, 5.41) is 5.35. The Morgan fingerprint density at radius 2 is 1.62 bits per heavy atom. The van der Waals surface area contributed by atoms with Crippen molar-refractivity contribution in [2.45, 2.75) is 12.5 Å². The SMILES string of the molecule is COc1ccc(N[C@H](C(=O)NC(N)=O)c2ccccc2)cc1Cc1ccccc1. The fraction of sp³-hybridized carbons (Fsp3) is 0.130. The molecule has 0 saturated carbocycles. The molecule has 0 aromatic heterocycles. The zero-order valence-corrected chi connectivity index (χ0v) is 16.1. The van der Waals surface area contributed by atoms with Crippen molar-refractivity contribution < 1.29 is 14.3 Å². The maximum atomic E-state index is 12.6. The van der Waals surface area contributed by atoms with Crippen LogP contribution in [0.25, 0.3) is 0 Å². The standard InChI is InChI=1S/C23H23N3O3/c1-29-20-13-12-19(15-18(20)14-16-8-4-2-5-9-16)25-21(22(27)26-23(24)28)17-10-6-3-7-11-17/h2-13,15,21,25H,14H2,1H3,(H3,24,26,27,28)/t21-/m0/s1. The van der Waals surface area contributed by atoms with Gasteiger partial charge in [0.2, 0.25) is 0 Å². The van der Waals surface area contributed by atoms with Crippen LogP contribution < -0.4 is 21.1 Å². The summed E-state index contributed by atoms with van der Waals surface area (Å²) in [4.78, 5) is 23.7. The van der Waals surface area contributed by atoms with E-state index in [9.17, 15) is 9.59 Å². The first kappa shape index (κ1) is 19.9. The van der Waals surface area contributed by atoms with Crippen molar-refractivity contribution in [3.05, 3.63) is 95.6 Å². The van der Waals surface area contributed by atoms with Gasteiger partial charge in [0.1, 0.15) is 11.8 Å². The van der Waals surface area contributed by atoms with Gasteiger partial charge in [0, 0.05) is 17.7 Å². The first-order valence-electron chi connectivity index (χ1n) is 9.19. The number of hydrogen-bond donors (Lipinski definition) is 3. The number of nitrogens with two attached hydrogens (primary N) is 1. The van der Waals surface area contributed by atoms with Gasteiger partial charge in [-0.3, -0.25) is 10.1 Å². The lowest BCUT2D eigenvalue weighted by molar-refractivity contribution is -0.120. The zero-order valence-electron chi connectivity index (χ0n) is 16.1. The van der Waals surface area contributed by atoms with Gasteiger partial charge in [-0.25, -0.2) is 4.79 Å². The van der Waals surface area contributed by atoms with E-state index in [1.54, 1.807) is 7.11 Å². The van der Waals surface area contributed by atoms with Gasteiger partial charge in [-0.1, -0.05) is 60.7 Å². The van der Waals surface area contributed by atoms with Crippen LogP contribution in [-0.2, 0) is 11.2 Å². The first-order valence-corrected chi connectivity index (χ1v) is 9.19. The predicted octanol–water partition coefficient (Wildman–Crippen LogP) is 3.63. The number of methoxy groups -OCH3 is 1. The summed E-state index contributed by atoms with van der Waals surface area (Å²) in [5.41, 5.74) is 8.70. The minimum absolute atomic E-state index is 0.524. The summed E-state index contributed by atoms with van der Waals surface area (Å²) >= 11 is 0. The van der Waals surface area contributed by atoms with Crippen LogP contribution >= 0.6 is 0 Å². The van der Waals surface area contributed by atoms with Crippen LogP contribution in [-0.4, -0.2) is 19.0 Å². The highest BCUT2D eigenvalue weighted by molar-refractivity contribution is 5.98. The number of anilines is 1. The average Bonchev–Trinajstić information content (AvgIpc) is 2.73. The van der Waals surface area contributed by atoms with Crippen LogP contribution in [0.1, 0.15) is 22.7 Å². The van der Waals surface area contributed by atoms with E-state index in [1.807, 2.05) is 78.9 Å². The van der Waals surface area contributed by atoms with E-state index < -0.39 is 18.0 Å². The fourth-order valence-electron chi connectivity index (χ4n) is 3.13. The number of imide groups is 1. The Hall–Kier alpha value is -3.80. The normalized spacial score (nSPS) is 11.3. The van der Waals surface area contributed by atoms with E-state index in [0.29, 0.717) is 12.0 Å². The Kier molecular flexibility index (Phi) is 6.47. The summed E-state index contributed by atoms with van der Waals surface area (Å²) < 4.78 is 5.49. The number of carbonyl (C=O) groups is 2. The summed E-state index contributed by atoms with van der Waals surface area (Å²) in [7, 11) is 1.63. The Morgan fingerprint density at radius 3 is 2.24 bits per heavy atom. The predicted molar refractivity (Wildman–Crippen MR) is 113 cm³/mol. The Balaban J connectivity index is 1.90. The number of amides is 3. The topological polar surface area (TPSA) is 93.4 Å². The van der Waals surface area contributed by atoms with Gasteiger partial charge in [-0.15, -0.1) is 0 Å². The van der Waals surface area contributed by atoms with E-state index in [-0.39, 0.29) is 0 Å². The molecule has 0 saturated heterocycles. The van der Waals surface area contributed by atoms with Crippen LogP contribution in [0.3, 0.4) is 0 Å². The van der Waals surface area contributed by atoms with E-state index >= 15 is 0 Å². The highest BCUT2D eigenvalue weighted by Gasteiger charge is 2.22. The van der Waals surface area contributed by atoms with Crippen molar-refractivity contribution in [2.75, 3.05) is 12.4 Å². The number of carbonyl (C=O) groups excluding carboxylic acids is 2. The monoisotopic (exact) mass is 389 g/mol. The highest BCUT2D eigenvalue weighted by Crippen LogP contribution is 2.28. The average molecular weight is 389 g/mol. The smallest absolute Gasteiger partial charge is 0.318 e. The van der Waals surface area contributed by atoms with Gasteiger partial charge in [0.25, 0.3) is 5.91 Å². The molecule has 3 aromatic rings. The molecule has 6 heteroatoms. The number of hydrogen-bond acceptors (Lipinski definition) is 4. The lowest BCUT2D eigenvalue weighted by Gasteiger charge is -2.20. The maximum Gasteiger partial charge on any atom is 0.318 e. The summed E-state index contributed by atoms with van der Waals surface area (Å²) in [6.07, 6.45) is 0.684. The molecule has 4 N–H and O–H groups in total. The van der Waals surface area contributed by atoms with E-state index in [1.165, 1.54) is 0 Å². The van der Waals surface area contributed by atoms with Crippen molar-refractivity contribution in [1.29, 1.82) is 0 Å². The molecule has 6 nitrogen and oxygen atoms in total. The molecule has 0 fully saturated rings. The van der Waals surface area contributed by atoms with Crippen molar-refractivity contribution in [3.63, 3.8) is 0 Å². The second-order valence-electron chi connectivity index (χ2n) is 6.53. The number of primary amides is 1. The van der Waals surface area contributed by atoms with Crippen LogP contribution in [0.2, 0.25) is 0 Å². The molecule has 3 amide bonds. The molecule has 0 aliphatic rings. The molecule has 3 aromatic carbocycles. The van der Waals surface area contributed by atoms with Crippen LogP contribution in [0, 0.1) is 0 Å². The molecule has 0 aliphatic carbocycles. The zero-order chi connectivity index (χ0) is 20.6. The third kappa shape index (κ3) is 5.35. The molecule has 0 heterocycles. The van der Waals surface area contributed by atoms with Gasteiger partial charge in [0.15, 0.2) is 0 Å². The quantitative estimate of drug-likeness (QED) is 0.575. The molecule has 0 radical (unpaired) electrons. The Bertz CT molecular complexity index is 975. The van der Waals surface area contributed by atoms with E-state index in [0.717, 1.165) is 22.6 Å². The van der Waals surface area contributed by atoms with Crippen molar-refractivity contribution in [1.82, 2.24) is 5.32 Å². The molecule has 29 heavy (non-hydrogen) atoms. The summed E-state index contributed by atoms with van der Waals surface area (Å²) in [5.74, 6) is 0.237. The molecule has 0 unspecified atom stereocenters. The highest BCUT2D eigenvalue weighted by atomic mass is 16.5. The van der Waals surface area contributed by atoms with Crippen molar-refractivity contribution in [2.24, 2.45) is 5.73 Å². The molecule has 0 aliphatic heterocycles. The number of benzene rings is 3. The van der Waals surface area contributed by atoms with E-state index in [2.05, 4.69) is 10.6 Å². The lowest BCUT2D eigenvalue weighted by atomic mass is 10.0.